The maximum Gasteiger partial charge on any atom is 0.154 e. The summed E-state index contributed by atoms with van der Waals surface area (Å²) in [5.74, 6) is 0.873. The standard InChI is InChI=1S/C38H28N4/c39-37(32-18-17-27-9-2-4-10-30(27)24-32)42-38(33-14-5-12-26-8-1-3-11-31(26)25-33)41-34-21-19-28(20-22-34)35-16-6-13-29-15-7-23-40-36(29)35/h1-13,15-25H,14H2,(H2,39,41,42). The molecule has 42 heavy (non-hydrogen) atoms. The van der Waals surface area contributed by atoms with Gasteiger partial charge in [-0.05, 0) is 69.8 Å². The summed E-state index contributed by atoms with van der Waals surface area (Å²) in [4.78, 5) is 9.51. The van der Waals surface area contributed by atoms with Crippen molar-refractivity contribution in [2.45, 2.75) is 6.42 Å². The number of benzene rings is 5. The molecule has 7 rings (SSSR count). The normalized spacial score (nSPS) is 13.0. The van der Waals surface area contributed by atoms with E-state index in [1.807, 2.05) is 48.7 Å². The number of nitrogens with zero attached hydrogens (tertiary/aromatic N) is 2. The van der Waals surface area contributed by atoms with Gasteiger partial charge in [0.15, 0.2) is 5.84 Å². The van der Waals surface area contributed by atoms with Gasteiger partial charge in [0.2, 0.25) is 0 Å². The second kappa shape index (κ2) is 11.1. The molecule has 0 atom stereocenters. The highest BCUT2D eigenvalue weighted by Crippen LogP contribution is 2.29. The van der Waals surface area contributed by atoms with Crippen LogP contribution in [-0.4, -0.2) is 16.7 Å². The molecule has 0 bridgehead atoms. The Morgan fingerprint density at radius 2 is 1.48 bits per heavy atom. The summed E-state index contributed by atoms with van der Waals surface area (Å²) in [5, 5.41) is 15.9. The first kappa shape index (κ1) is 25.4. The van der Waals surface area contributed by atoms with Gasteiger partial charge >= 0.3 is 0 Å². The van der Waals surface area contributed by atoms with E-state index in [1.165, 1.54) is 5.56 Å². The summed E-state index contributed by atoms with van der Waals surface area (Å²) >= 11 is 0. The summed E-state index contributed by atoms with van der Waals surface area (Å²) in [6.07, 6.45) is 9.02. The van der Waals surface area contributed by atoms with E-state index in [4.69, 9.17) is 10.4 Å². The molecule has 4 nitrogen and oxygen atoms in total. The number of amidine groups is 2. The molecule has 6 aromatic rings. The van der Waals surface area contributed by atoms with Crippen LogP contribution < -0.4 is 5.32 Å². The molecule has 1 heterocycles. The number of fused-ring (bicyclic) bond motifs is 3. The van der Waals surface area contributed by atoms with Crippen molar-refractivity contribution >= 4 is 51.2 Å². The molecule has 4 heteroatoms. The van der Waals surface area contributed by atoms with Crippen LogP contribution in [0.1, 0.15) is 23.1 Å². The number of pyridine rings is 1. The number of nitrogens with one attached hydrogen (secondary N) is 2. The van der Waals surface area contributed by atoms with Crippen LogP contribution in [0.4, 0.5) is 5.69 Å². The Morgan fingerprint density at radius 1 is 0.714 bits per heavy atom. The Hall–Kier alpha value is -5.61. The third kappa shape index (κ3) is 5.14. The van der Waals surface area contributed by atoms with Crippen LogP contribution >= 0.6 is 0 Å². The van der Waals surface area contributed by atoms with Crippen molar-refractivity contribution in [3.63, 3.8) is 0 Å². The molecule has 200 valence electrons. The molecule has 0 spiro atoms. The Balaban J connectivity index is 1.26. The first-order valence-corrected chi connectivity index (χ1v) is 14.1. The third-order valence-electron chi connectivity index (χ3n) is 7.60. The molecule has 1 aliphatic carbocycles. The van der Waals surface area contributed by atoms with Crippen molar-refractivity contribution in [3.8, 4) is 11.1 Å². The highest BCUT2D eigenvalue weighted by molar-refractivity contribution is 6.18. The Morgan fingerprint density at radius 3 is 2.36 bits per heavy atom. The van der Waals surface area contributed by atoms with Crippen LogP contribution in [0.3, 0.4) is 0 Å². The summed E-state index contributed by atoms with van der Waals surface area (Å²) in [5.41, 5.74) is 8.18. The molecule has 0 radical (unpaired) electrons. The van der Waals surface area contributed by atoms with Gasteiger partial charge in [-0.3, -0.25) is 10.4 Å². The maximum absolute atomic E-state index is 8.96. The number of aromatic nitrogens is 1. The lowest BCUT2D eigenvalue weighted by molar-refractivity contribution is 1.32. The quantitative estimate of drug-likeness (QED) is 0.173. The van der Waals surface area contributed by atoms with E-state index in [0.29, 0.717) is 12.3 Å². The van der Waals surface area contributed by atoms with Crippen LogP contribution in [-0.2, 0) is 0 Å². The highest BCUT2D eigenvalue weighted by atomic mass is 15.0. The van der Waals surface area contributed by atoms with Crippen molar-refractivity contribution in [2.75, 3.05) is 5.32 Å². The second-order valence-electron chi connectivity index (χ2n) is 10.4. The Labute approximate surface area is 244 Å². The third-order valence-corrected chi connectivity index (χ3v) is 7.60. The first-order valence-electron chi connectivity index (χ1n) is 14.1. The molecule has 0 amide bonds. The van der Waals surface area contributed by atoms with E-state index >= 15 is 0 Å². The summed E-state index contributed by atoms with van der Waals surface area (Å²) in [6, 6.07) is 41.2. The van der Waals surface area contributed by atoms with Gasteiger partial charge in [-0.15, -0.1) is 0 Å². The molecule has 0 saturated carbocycles. The first-order chi connectivity index (χ1) is 20.7. The summed E-state index contributed by atoms with van der Waals surface area (Å²) in [7, 11) is 0. The molecule has 2 N–H and O–H groups in total. The van der Waals surface area contributed by atoms with Gasteiger partial charge in [0.25, 0.3) is 0 Å². The van der Waals surface area contributed by atoms with Crippen molar-refractivity contribution in [1.29, 1.82) is 5.41 Å². The minimum Gasteiger partial charge on any atom is -0.340 e. The SMILES string of the molecule is N=C(/N=C(\Nc1ccc(-c2cccc3cccnc23)cc1)C1=Cc2ccccc2C=CC1)c1ccc2ccccc2c1. The lowest BCUT2D eigenvalue weighted by atomic mass is 10.0. The molecular formula is C38H28N4. The van der Waals surface area contributed by atoms with Crippen LogP contribution in [0.25, 0.3) is 45.0 Å². The van der Waals surface area contributed by atoms with Gasteiger partial charge in [0, 0.05) is 28.4 Å². The fourth-order valence-electron chi connectivity index (χ4n) is 5.42. The lowest BCUT2D eigenvalue weighted by Crippen LogP contribution is -2.17. The number of hydrogen-bond acceptors (Lipinski definition) is 2. The fraction of sp³-hybridized carbons (Fsp3) is 0.0263. The van der Waals surface area contributed by atoms with E-state index in [-0.39, 0.29) is 5.84 Å². The molecule has 5 aromatic carbocycles. The van der Waals surface area contributed by atoms with Crippen molar-refractivity contribution in [2.24, 2.45) is 4.99 Å². The lowest BCUT2D eigenvalue weighted by Gasteiger charge is -2.14. The van der Waals surface area contributed by atoms with Gasteiger partial charge in [-0.25, -0.2) is 4.99 Å². The van der Waals surface area contributed by atoms with Gasteiger partial charge in [-0.2, -0.15) is 0 Å². The molecule has 0 unspecified atom stereocenters. The van der Waals surface area contributed by atoms with Crippen LogP contribution in [0, 0.1) is 5.41 Å². The predicted molar refractivity (Wildman–Crippen MR) is 177 cm³/mol. The number of aliphatic imine (C=N–C) groups is 1. The molecule has 0 saturated heterocycles. The molecule has 1 aromatic heterocycles. The number of rotatable bonds is 4. The second-order valence-corrected chi connectivity index (χ2v) is 10.4. The average Bonchev–Trinajstić information content (AvgIpc) is 3.27. The monoisotopic (exact) mass is 540 g/mol. The molecule has 0 aliphatic heterocycles. The van der Waals surface area contributed by atoms with Crippen LogP contribution in [0.5, 0.6) is 0 Å². The predicted octanol–water partition coefficient (Wildman–Crippen LogP) is 9.39. The highest BCUT2D eigenvalue weighted by Gasteiger charge is 2.14. The van der Waals surface area contributed by atoms with E-state index < -0.39 is 0 Å². The smallest absolute Gasteiger partial charge is 0.154 e. The van der Waals surface area contributed by atoms with Crippen LogP contribution in [0.15, 0.2) is 144 Å². The minimum atomic E-state index is 0.212. The summed E-state index contributed by atoms with van der Waals surface area (Å²) < 4.78 is 0. The van der Waals surface area contributed by atoms with Crippen molar-refractivity contribution in [1.82, 2.24) is 4.98 Å². The largest absolute Gasteiger partial charge is 0.340 e. The zero-order chi connectivity index (χ0) is 28.3. The Bertz CT molecular complexity index is 2040. The van der Waals surface area contributed by atoms with Crippen molar-refractivity contribution in [3.05, 3.63) is 156 Å². The number of allylic oxidation sites excluding steroid dienone is 1. The van der Waals surface area contributed by atoms with Crippen LogP contribution in [0.2, 0.25) is 0 Å². The minimum absolute atomic E-state index is 0.212. The molecular weight excluding hydrogens is 512 g/mol. The van der Waals surface area contributed by atoms with Crippen molar-refractivity contribution < 1.29 is 0 Å². The van der Waals surface area contributed by atoms with E-state index in [9.17, 15) is 0 Å². The fourth-order valence-corrected chi connectivity index (χ4v) is 5.42. The van der Waals surface area contributed by atoms with Gasteiger partial charge in [-0.1, -0.05) is 109 Å². The number of para-hydroxylation sites is 1. The zero-order valence-electron chi connectivity index (χ0n) is 23.0. The number of hydrogen-bond donors (Lipinski definition) is 2. The van der Waals surface area contributed by atoms with E-state index in [1.54, 1.807) is 0 Å². The Kier molecular flexibility index (Phi) is 6.71. The molecule has 0 fully saturated rings. The van der Waals surface area contributed by atoms with Gasteiger partial charge < -0.3 is 5.32 Å². The topological polar surface area (TPSA) is 61.1 Å². The number of anilines is 1. The van der Waals surface area contributed by atoms with Gasteiger partial charge in [0.1, 0.15) is 5.84 Å². The average molecular weight is 541 g/mol. The molecule has 1 aliphatic rings. The van der Waals surface area contributed by atoms with Gasteiger partial charge in [0.05, 0.1) is 5.52 Å². The zero-order valence-corrected chi connectivity index (χ0v) is 23.0. The van der Waals surface area contributed by atoms with E-state index in [2.05, 4.69) is 107 Å². The van der Waals surface area contributed by atoms with E-state index in [0.717, 1.165) is 55.2 Å². The maximum atomic E-state index is 8.96. The summed E-state index contributed by atoms with van der Waals surface area (Å²) in [6.45, 7) is 0.